The van der Waals surface area contributed by atoms with Gasteiger partial charge in [-0.2, -0.15) is 0 Å². The molecule has 2 aromatic rings. The number of hydrogen-bond donors (Lipinski definition) is 2. The van der Waals surface area contributed by atoms with Gasteiger partial charge in [0.15, 0.2) is 0 Å². The van der Waals surface area contributed by atoms with Gasteiger partial charge in [-0.25, -0.2) is 4.79 Å². The summed E-state index contributed by atoms with van der Waals surface area (Å²) in [4.78, 5) is 26.4. The van der Waals surface area contributed by atoms with Crippen LogP contribution in [0.3, 0.4) is 0 Å². The number of likely N-dealkylation sites (N-methyl/N-ethyl adjacent to an activating group) is 1. The highest BCUT2D eigenvalue weighted by Crippen LogP contribution is 2.36. The van der Waals surface area contributed by atoms with Gasteiger partial charge in [-0.1, -0.05) is 6.07 Å². The van der Waals surface area contributed by atoms with Crippen molar-refractivity contribution in [2.75, 3.05) is 12.4 Å². The number of hydrogen-bond acceptors (Lipinski definition) is 4. The van der Waals surface area contributed by atoms with Crippen LogP contribution in [0, 0.1) is 0 Å². The van der Waals surface area contributed by atoms with Gasteiger partial charge in [-0.05, 0) is 74.2 Å². The number of nitrogens with one attached hydrogen (secondary N) is 1. The Hall–Kier alpha value is -2.88. The minimum Gasteiger partial charge on any atom is -0.480 e. The molecule has 2 aromatic carbocycles. The minimum absolute atomic E-state index is 0.0921. The number of urea groups is 1. The van der Waals surface area contributed by atoms with E-state index in [-0.39, 0.29) is 17.8 Å². The summed E-state index contributed by atoms with van der Waals surface area (Å²) < 4.78 is 39.6. The van der Waals surface area contributed by atoms with Crippen molar-refractivity contribution in [2.45, 2.75) is 48.7 Å². The third kappa shape index (κ3) is 5.87. The molecule has 0 fully saturated rings. The van der Waals surface area contributed by atoms with E-state index in [1.54, 1.807) is 25.8 Å². The van der Waals surface area contributed by atoms with Crippen molar-refractivity contribution in [1.29, 1.82) is 0 Å². The fraction of sp³-hybridized carbons (Fsp3) is 0.364. The van der Waals surface area contributed by atoms with Gasteiger partial charge in [0.2, 0.25) is 0 Å². The van der Waals surface area contributed by atoms with E-state index in [1.165, 1.54) is 23.9 Å². The Bertz CT molecular complexity index is 1010. The summed E-state index contributed by atoms with van der Waals surface area (Å²) >= 11 is 1.27. The van der Waals surface area contributed by atoms with Crippen molar-refractivity contribution in [3.05, 3.63) is 53.6 Å². The van der Waals surface area contributed by atoms with Crippen LogP contribution in [0.1, 0.15) is 25.0 Å². The lowest BCUT2D eigenvalue weighted by molar-refractivity contribution is -0.274. The second kappa shape index (κ2) is 8.93. The number of carbonyl (C=O) groups excluding carboxylic acids is 1. The monoisotopic (exact) mass is 468 g/mol. The van der Waals surface area contributed by atoms with Gasteiger partial charge in [-0.15, -0.1) is 24.9 Å². The second-order valence-corrected chi connectivity index (χ2v) is 9.72. The molecule has 6 nitrogen and oxygen atoms in total. The van der Waals surface area contributed by atoms with E-state index in [1.807, 2.05) is 18.2 Å². The summed E-state index contributed by atoms with van der Waals surface area (Å²) in [6.45, 7) is 3.30. The van der Waals surface area contributed by atoms with Crippen molar-refractivity contribution >= 4 is 29.4 Å². The second-order valence-electron chi connectivity index (χ2n) is 8.02. The number of rotatable bonds is 6. The molecule has 0 radical (unpaired) electrons. The Morgan fingerprint density at radius 3 is 2.31 bits per heavy atom. The van der Waals surface area contributed by atoms with Gasteiger partial charge in [0.25, 0.3) is 0 Å². The number of carboxylic acid groups (broad SMARTS) is 1. The molecule has 0 saturated heterocycles. The minimum atomic E-state index is -4.77. The highest BCUT2D eigenvalue weighted by Gasteiger charge is 2.32. The molecule has 0 heterocycles. The summed E-state index contributed by atoms with van der Waals surface area (Å²) in [5.74, 6) is -1.26. The van der Waals surface area contributed by atoms with Crippen LogP contribution in [-0.4, -0.2) is 46.2 Å². The SMILES string of the molecule is CN(C(=O)Nc1ccc(OC(F)(F)F)cc1)C1Cc2ccc(SC(C)(C)C(=O)O)cc2C1. The van der Waals surface area contributed by atoms with Crippen molar-refractivity contribution in [3.63, 3.8) is 0 Å². The molecule has 10 heteroatoms. The van der Waals surface area contributed by atoms with E-state index in [2.05, 4.69) is 10.1 Å². The average Bonchev–Trinajstić information content (AvgIpc) is 3.10. The quantitative estimate of drug-likeness (QED) is 0.572. The van der Waals surface area contributed by atoms with E-state index in [0.717, 1.165) is 28.2 Å². The molecule has 3 rings (SSSR count). The molecule has 1 unspecified atom stereocenters. The van der Waals surface area contributed by atoms with Crippen LogP contribution < -0.4 is 10.1 Å². The zero-order valence-corrected chi connectivity index (χ0v) is 18.5. The number of nitrogens with zero attached hydrogens (tertiary/aromatic N) is 1. The van der Waals surface area contributed by atoms with E-state index >= 15 is 0 Å². The molecule has 1 atom stereocenters. The lowest BCUT2D eigenvalue weighted by Gasteiger charge is -2.24. The van der Waals surface area contributed by atoms with Crippen LogP contribution in [-0.2, 0) is 17.6 Å². The first-order valence-corrected chi connectivity index (χ1v) is 10.6. The summed E-state index contributed by atoms with van der Waals surface area (Å²) in [5.41, 5.74) is 2.51. The number of benzene rings is 2. The van der Waals surface area contributed by atoms with Crippen LogP contribution >= 0.6 is 11.8 Å². The number of halogens is 3. The Morgan fingerprint density at radius 2 is 1.72 bits per heavy atom. The third-order valence-electron chi connectivity index (χ3n) is 5.18. The van der Waals surface area contributed by atoms with Gasteiger partial charge in [0.1, 0.15) is 10.5 Å². The van der Waals surface area contributed by atoms with Crippen LogP contribution in [0.4, 0.5) is 23.7 Å². The predicted octanol–water partition coefficient (Wildman–Crippen LogP) is 5.17. The highest BCUT2D eigenvalue weighted by atomic mass is 32.2. The van der Waals surface area contributed by atoms with Gasteiger partial charge in [-0.3, -0.25) is 4.79 Å². The molecule has 2 N–H and O–H groups in total. The van der Waals surface area contributed by atoms with Gasteiger partial charge < -0.3 is 20.1 Å². The number of fused-ring (bicyclic) bond motifs is 1. The highest BCUT2D eigenvalue weighted by molar-refractivity contribution is 8.01. The molecule has 1 aliphatic carbocycles. The molecule has 0 bridgehead atoms. The smallest absolute Gasteiger partial charge is 0.480 e. The average molecular weight is 468 g/mol. The molecule has 0 aliphatic heterocycles. The van der Waals surface area contributed by atoms with Crippen molar-refractivity contribution in [2.24, 2.45) is 0 Å². The molecular weight excluding hydrogens is 445 g/mol. The number of carbonyl (C=O) groups is 2. The molecular formula is C22H23F3N2O4S. The van der Waals surface area contributed by atoms with Gasteiger partial charge in [0.05, 0.1) is 0 Å². The molecule has 1 aliphatic rings. The van der Waals surface area contributed by atoms with E-state index in [9.17, 15) is 27.9 Å². The molecule has 0 saturated carbocycles. The van der Waals surface area contributed by atoms with Crippen LogP contribution in [0.5, 0.6) is 5.75 Å². The Morgan fingerprint density at radius 1 is 1.09 bits per heavy atom. The Balaban J connectivity index is 1.61. The number of aliphatic carboxylic acids is 1. The van der Waals surface area contributed by atoms with Crippen molar-refractivity contribution in [3.8, 4) is 5.75 Å². The fourth-order valence-corrected chi connectivity index (χ4v) is 4.38. The van der Waals surface area contributed by atoms with Crippen molar-refractivity contribution in [1.82, 2.24) is 4.90 Å². The summed E-state index contributed by atoms with van der Waals surface area (Å²) in [5, 5.41) is 12.0. The maximum absolute atomic E-state index is 12.6. The first-order valence-electron chi connectivity index (χ1n) is 9.78. The first-order chi connectivity index (χ1) is 14.8. The summed E-state index contributed by atoms with van der Waals surface area (Å²) in [6.07, 6.45) is -3.49. The number of amides is 2. The Kier molecular flexibility index (Phi) is 6.64. The Labute approximate surface area is 187 Å². The number of thioether (sulfide) groups is 1. The topological polar surface area (TPSA) is 78.9 Å². The predicted molar refractivity (Wildman–Crippen MR) is 115 cm³/mol. The van der Waals surface area contributed by atoms with E-state index in [0.29, 0.717) is 18.5 Å². The van der Waals surface area contributed by atoms with E-state index < -0.39 is 17.1 Å². The largest absolute Gasteiger partial charge is 0.573 e. The lowest BCUT2D eigenvalue weighted by Crippen LogP contribution is -2.40. The third-order valence-corrected chi connectivity index (χ3v) is 6.36. The first kappa shape index (κ1) is 23.8. The van der Waals surface area contributed by atoms with Crippen LogP contribution in [0.25, 0.3) is 0 Å². The molecule has 2 amide bonds. The number of alkyl halides is 3. The standard InChI is InChI=1S/C22H23F3N2O4S/c1-21(2,19(28)29)32-18-9-4-13-10-16(11-14(13)12-18)27(3)20(30)26-15-5-7-17(8-6-15)31-22(23,24)25/h4-9,12,16H,10-11H2,1-3H3,(H,26,30)(H,28,29). The maximum atomic E-state index is 12.6. The zero-order chi connectivity index (χ0) is 23.7. The number of ether oxygens (including phenoxy) is 1. The molecule has 0 spiro atoms. The van der Waals surface area contributed by atoms with Crippen LogP contribution in [0.15, 0.2) is 47.4 Å². The zero-order valence-electron chi connectivity index (χ0n) is 17.7. The fourth-order valence-electron chi connectivity index (χ4n) is 3.36. The number of carboxylic acids is 1. The van der Waals surface area contributed by atoms with Gasteiger partial charge >= 0.3 is 18.4 Å². The summed E-state index contributed by atoms with van der Waals surface area (Å²) in [7, 11) is 1.66. The van der Waals surface area contributed by atoms with Gasteiger partial charge in [0, 0.05) is 23.7 Å². The van der Waals surface area contributed by atoms with E-state index in [4.69, 9.17) is 0 Å². The number of anilines is 1. The molecule has 32 heavy (non-hydrogen) atoms. The lowest BCUT2D eigenvalue weighted by atomic mass is 10.1. The van der Waals surface area contributed by atoms with Crippen molar-refractivity contribution < 1.29 is 32.6 Å². The summed E-state index contributed by atoms with van der Waals surface area (Å²) in [6, 6.07) is 10.3. The molecule has 172 valence electrons. The maximum Gasteiger partial charge on any atom is 0.573 e. The molecule has 0 aromatic heterocycles. The van der Waals surface area contributed by atoms with Crippen LogP contribution in [0.2, 0.25) is 0 Å². The normalized spacial score (nSPS) is 15.8.